The van der Waals surface area contributed by atoms with Crippen molar-refractivity contribution >= 4 is 51.9 Å². The second kappa shape index (κ2) is 11.6. The van der Waals surface area contributed by atoms with E-state index in [0.717, 1.165) is 3.70 Å². The summed E-state index contributed by atoms with van der Waals surface area (Å²) in [6, 6.07) is 1.68. The molecule has 0 aromatic carbocycles. The van der Waals surface area contributed by atoms with Crippen LogP contribution in [0.2, 0.25) is 10.1 Å². The Morgan fingerprint density at radius 3 is 2.65 bits per heavy atom. The van der Waals surface area contributed by atoms with Crippen molar-refractivity contribution in [2.75, 3.05) is 13.9 Å². The molecule has 0 radical (unpaired) electrons. The minimum atomic E-state index is 0.182. The van der Waals surface area contributed by atoms with Crippen LogP contribution in [0.5, 0.6) is 5.75 Å². The Bertz CT molecular complexity index is 293. The normalized spacial score (nSPS) is 9.53. The fourth-order valence-electron chi connectivity index (χ4n) is 1.00. The molecule has 0 aliphatic carbocycles. The second-order valence-electron chi connectivity index (χ2n) is 3.32. The maximum atomic E-state index is 5.84. The first kappa shape index (κ1) is 17.5. The maximum absolute atomic E-state index is 5.84. The van der Waals surface area contributed by atoms with Crippen molar-refractivity contribution in [1.82, 2.24) is 4.98 Å². The van der Waals surface area contributed by atoms with Crippen molar-refractivity contribution in [3.8, 4) is 5.75 Å². The molecule has 0 unspecified atom stereocenters. The van der Waals surface area contributed by atoms with Crippen LogP contribution in [0, 0.1) is 3.70 Å². The van der Waals surface area contributed by atoms with E-state index in [2.05, 4.69) is 29.6 Å². The molecule has 6 heteroatoms. The quantitative estimate of drug-likeness (QED) is 0.346. The Hall–Kier alpha value is 0.527. The molecular formula is C11H16ClILiNO2. The Morgan fingerprint density at radius 1 is 1.53 bits per heavy atom. The molecule has 0 bridgehead atoms. The van der Waals surface area contributed by atoms with Gasteiger partial charge in [-0.15, -0.1) is 0 Å². The van der Waals surface area contributed by atoms with Gasteiger partial charge in [0.15, 0.2) is 12.5 Å². The van der Waals surface area contributed by atoms with Gasteiger partial charge in [-0.05, 0) is 28.7 Å². The minimum absolute atomic E-state index is 0.182. The number of unbranched alkanes of at least 4 members (excludes halogenated alkanes) is 1. The third-order valence-electron chi connectivity index (χ3n) is 1.84. The SMILES string of the molecule is COCOc1c(Cl)ccnc1I.[Li][CH2]CCC. The Morgan fingerprint density at radius 2 is 2.24 bits per heavy atom. The van der Waals surface area contributed by atoms with Gasteiger partial charge in [-0.1, -0.05) is 11.6 Å². The zero-order valence-electron chi connectivity index (χ0n) is 10.5. The Balaban J connectivity index is 0.000000437. The first-order valence-corrected chi connectivity index (χ1v) is 7.04. The number of hydrogen-bond donors (Lipinski definition) is 0. The summed E-state index contributed by atoms with van der Waals surface area (Å²) in [5.74, 6) is 0.571. The van der Waals surface area contributed by atoms with Crippen LogP contribution < -0.4 is 4.74 Å². The third-order valence-corrected chi connectivity index (χ3v) is 2.91. The molecule has 1 aromatic rings. The van der Waals surface area contributed by atoms with Crippen molar-refractivity contribution in [1.29, 1.82) is 0 Å². The van der Waals surface area contributed by atoms with Crippen LogP contribution in [-0.2, 0) is 4.74 Å². The van der Waals surface area contributed by atoms with Crippen LogP contribution in [0.25, 0.3) is 0 Å². The molecule has 0 amide bonds. The predicted octanol–water partition coefficient (Wildman–Crippen LogP) is 3.70. The number of rotatable bonds is 5. The molecule has 0 spiro atoms. The van der Waals surface area contributed by atoms with E-state index in [4.69, 9.17) is 21.1 Å². The van der Waals surface area contributed by atoms with Gasteiger partial charge < -0.3 is 9.47 Å². The molecular weight excluding hydrogens is 347 g/mol. The summed E-state index contributed by atoms with van der Waals surface area (Å²) >= 11 is 10.1. The summed E-state index contributed by atoms with van der Waals surface area (Å²) in [4.78, 5) is 4.01. The average molecular weight is 364 g/mol. The van der Waals surface area contributed by atoms with E-state index in [-0.39, 0.29) is 6.79 Å². The van der Waals surface area contributed by atoms with E-state index in [1.54, 1.807) is 19.4 Å². The zero-order valence-corrected chi connectivity index (χ0v) is 13.4. The zero-order chi connectivity index (χ0) is 13.1. The third kappa shape index (κ3) is 8.28. The molecule has 1 aromatic heterocycles. The van der Waals surface area contributed by atoms with Crippen LogP contribution in [0.15, 0.2) is 12.3 Å². The van der Waals surface area contributed by atoms with Crippen LogP contribution in [0.4, 0.5) is 0 Å². The first-order valence-electron chi connectivity index (χ1n) is 5.59. The molecule has 17 heavy (non-hydrogen) atoms. The molecule has 0 saturated heterocycles. The van der Waals surface area contributed by atoms with E-state index in [9.17, 15) is 0 Å². The number of aromatic nitrogens is 1. The summed E-state index contributed by atoms with van der Waals surface area (Å²) in [6.07, 6.45) is 4.36. The molecule has 0 atom stereocenters. The van der Waals surface area contributed by atoms with Gasteiger partial charge in [0, 0.05) is 13.3 Å². The van der Waals surface area contributed by atoms with E-state index in [1.807, 2.05) is 22.6 Å². The Kier molecular flexibility index (Phi) is 12.0. The molecule has 0 N–H and O–H groups in total. The number of pyridine rings is 1. The van der Waals surface area contributed by atoms with Crippen LogP contribution in [0.1, 0.15) is 19.8 Å². The second-order valence-corrected chi connectivity index (χ2v) is 4.75. The van der Waals surface area contributed by atoms with Crippen molar-refractivity contribution in [3.05, 3.63) is 21.0 Å². The van der Waals surface area contributed by atoms with Crippen LogP contribution in [-0.4, -0.2) is 36.6 Å². The number of ether oxygens (including phenoxy) is 2. The number of nitrogens with zero attached hydrogens (tertiary/aromatic N) is 1. The monoisotopic (exact) mass is 363 g/mol. The summed E-state index contributed by atoms with van der Waals surface area (Å²) in [6.45, 7) is 2.39. The standard InChI is InChI=1S/C7H7ClINO2.C4H9.Li/c1-11-4-12-6-5(8)2-3-10-7(6)9;1-3-4-2;/h2-3H,4H2,1H3;1,3-4H2,2H3;. The van der Waals surface area contributed by atoms with Gasteiger partial charge >= 0.3 is 42.6 Å². The van der Waals surface area contributed by atoms with Gasteiger partial charge in [-0.2, -0.15) is 0 Å². The summed E-state index contributed by atoms with van der Waals surface area (Å²) in [5, 5.41) is 1.89. The van der Waals surface area contributed by atoms with E-state index < -0.39 is 0 Å². The van der Waals surface area contributed by atoms with Crippen molar-refractivity contribution in [3.63, 3.8) is 0 Å². The van der Waals surface area contributed by atoms with Crippen molar-refractivity contribution in [2.45, 2.75) is 24.9 Å². The molecule has 0 aliphatic rings. The van der Waals surface area contributed by atoms with Gasteiger partial charge in [-0.3, -0.25) is 0 Å². The van der Waals surface area contributed by atoms with E-state index in [1.165, 1.54) is 17.9 Å². The number of halogens is 2. The van der Waals surface area contributed by atoms with Crippen LogP contribution >= 0.6 is 34.2 Å². The molecule has 3 nitrogen and oxygen atoms in total. The fourth-order valence-corrected chi connectivity index (χ4v) is 1.97. The number of methoxy groups -OCH3 is 1. The van der Waals surface area contributed by atoms with E-state index >= 15 is 0 Å². The summed E-state index contributed by atoms with van der Waals surface area (Å²) in [5.41, 5.74) is 0. The first-order chi connectivity index (χ1) is 8.17. The topological polar surface area (TPSA) is 31.4 Å². The predicted molar refractivity (Wildman–Crippen MR) is 79.9 cm³/mol. The van der Waals surface area contributed by atoms with Gasteiger partial charge in [0.1, 0.15) is 3.70 Å². The van der Waals surface area contributed by atoms with Gasteiger partial charge in [0.25, 0.3) is 0 Å². The fraction of sp³-hybridized carbons (Fsp3) is 0.545. The molecule has 0 saturated carbocycles. The Labute approximate surface area is 131 Å². The molecule has 0 aliphatic heterocycles. The molecule has 92 valence electrons. The van der Waals surface area contributed by atoms with Gasteiger partial charge in [-0.25, -0.2) is 4.98 Å². The summed E-state index contributed by atoms with van der Waals surface area (Å²) < 4.78 is 10.7. The van der Waals surface area contributed by atoms with Gasteiger partial charge in [0.2, 0.25) is 0 Å². The van der Waals surface area contributed by atoms with E-state index in [0.29, 0.717) is 10.8 Å². The van der Waals surface area contributed by atoms with Crippen molar-refractivity contribution < 1.29 is 9.47 Å². The van der Waals surface area contributed by atoms with Crippen molar-refractivity contribution in [2.24, 2.45) is 0 Å². The molecule has 1 heterocycles. The molecule has 1 rings (SSSR count). The molecule has 0 fully saturated rings. The van der Waals surface area contributed by atoms with Gasteiger partial charge in [0.05, 0.1) is 5.02 Å². The van der Waals surface area contributed by atoms with Crippen LogP contribution in [0.3, 0.4) is 0 Å². The summed E-state index contributed by atoms with van der Waals surface area (Å²) in [7, 11) is 1.55. The average Bonchev–Trinajstić information content (AvgIpc) is 2.30. The number of hydrogen-bond acceptors (Lipinski definition) is 3.